The lowest BCUT2D eigenvalue weighted by Crippen LogP contribution is -2.23. The molecule has 4 heteroatoms. The molecule has 17 heavy (non-hydrogen) atoms. The van der Waals surface area contributed by atoms with Gasteiger partial charge in [-0.15, -0.1) is 0 Å². The van der Waals surface area contributed by atoms with Crippen molar-refractivity contribution >= 4 is 16.5 Å². The van der Waals surface area contributed by atoms with Crippen molar-refractivity contribution in [3.63, 3.8) is 0 Å². The van der Waals surface area contributed by atoms with Gasteiger partial charge in [-0.2, -0.15) is 0 Å². The quantitative estimate of drug-likeness (QED) is 0.874. The fourth-order valence-corrected chi connectivity index (χ4v) is 3.65. The SMILES string of the molecule is CCCN(C)c1nc2c(s1)C(NCC)CCC2. The molecular formula is C13H23N3S. The molecule has 1 atom stereocenters. The van der Waals surface area contributed by atoms with E-state index in [1.54, 1.807) is 0 Å². The minimum Gasteiger partial charge on any atom is -0.351 e. The van der Waals surface area contributed by atoms with Gasteiger partial charge in [-0.1, -0.05) is 25.2 Å². The van der Waals surface area contributed by atoms with Crippen molar-refractivity contribution in [1.82, 2.24) is 10.3 Å². The predicted molar refractivity (Wildman–Crippen MR) is 75.0 cm³/mol. The summed E-state index contributed by atoms with van der Waals surface area (Å²) < 4.78 is 0. The van der Waals surface area contributed by atoms with Gasteiger partial charge >= 0.3 is 0 Å². The van der Waals surface area contributed by atoms with Gasteiger partial charge in [0.2, 0.25) is 0 Å². The molecule has 0 saturated heterocycles. The number of nitrogens with one attached hydrogen (secondary N) is 1. The van der Waals surface area contributed by atoms with Crippen LogP contribution in [0, 0.1) is 0 Å². The average Bonchev–Trinajstić information content (AvgIpc) is 2.75. The number of nitrogens with zero attached hydrogens (tertiary/aromatic N) is 2. The highest BCUT2D eigenvalue weighted by atomic mass is 32.1. The summed E-state index contributed by atoms with van der Waals surface area (Å²) in [4.78, 5) is 8.57. The zero-order valence-corrected chi connectivity index (χ0v) is 11.9. The molecule has 1 aliphatic rings. The van der Waals surface area contributed by atoms with Gasteiger partial charge in [0, 0.05) is 24.5 Å². The number of hydrogen-bond acceptors (Lipinski definition) is 4. The third-order valence-corrected chi connectivity index (χ3v) is 4.60. The standard InChI is InChI=1S/C13H23N3S/c1-4-9-16(3)13-15-11-8-6-7-10(14-5-2)12(11)17-13/h10,14H,4-9H2,1-3H3. The first-order valence-electron chi connectivity index (χ1n) is 6.70. The number of fused-ring (bicyclic) bond motifs is 1. The van der Waals surface area contributed by atoms with Crippen molar-refractivity contribution in [2.24, 2.45) is 0 Å². The summed E-state index contributed by atoms with van der Waals surface area (Å²) in [6.45, 7) is 6.53. The predicted octanol–water partition coefficient (Wildman–Crippen LogP) is 2.98. The monoisotopic (exact) mass is 253 g/mol. The van der Waals surface area contributed by atoms with Gasteiger partial charge in [0.05, 0.1) is 5.69 Å². The fourth-order valence-electron chi connectivity index (χ4n) is 2.44. The van der Waals surface area contributed by atoms with E-state index in [0.29, 0.717) is 6.04 Å². The highest BCUT2D eigenvalue weighted by Gasteiger charge is 2.24. The Balaban J connectivity index is 2.18. The van der Waals surface area contributed by atoms with Gasteiger partial charge in [-0.3, -0.25) is 0 Å². The zero-order chi connectivity index (χ0) is 12.3. The van der Waals surface area contributed by atoms with Crippen molar-refractivity contribution in [3.05, 3.63) is 10.6 Å². The number of rotatable bonds is 5. The second kappa shape index (κ2) is 5.83. The summed E-state index contributed by atoms with van der Waals surface area (Å²) in [5.74, 6) is 0. The Morgan fingerprint density at radius 1 is 1.47 bits per heavy atom. The molecule has 1 aromatic heterocycles. The maximum absolute atomic E-state index is 4.81. The van der Waals surface area contributed by atoms with Crippen LogP contribution in [0.15, 0.2) is 0 Å². The van der Waals surface area contributed by atoms with Crippen LogP contribution in [0.25, 0.3) is 0 Å². The molecule has 2 rings (SSSR count). The molecule has 3 nitrogen and oxygen atoms in total. The molecule has 0 fully saturated rings. The van der Waals surface area contributed by atoms with Gasteiger partial charge < -0.3 is 10.2 Å². The summed E-state index contributed by atoms with van der Waals surface area (Å²) in [5, 5.41) is 4.77. The summed E-state index contributed by atoms with van der Waals surface area (Å²) in [7, 11) is 2.15. The first-order valence-corrected chi connectivity index (χ1v) is 7.52. The summed E-state index contributed by atoms with van der Waals surface area (Å²) >= 11 is 1.88. The van der Waals surface area contributed by atoms with Crippen LogP contribution >= 0.6 is 11.3 Å². The number of hydrogen-bond donors (Lipinski definition) is 1. The van der Waals surface area contributed by atoms with E-state index in [0.717, 1.165) is 19.5 Å². The number of anilines is 1. The average molecular weight is 253 g/mol. The summed E-state index contributed by atoms with van der Waals surface area (Å²) in [5.41, 5.74) is 1.34. The molecule has 1 aliphatic carbocycles. The smallest absolute Gasteiger partial charge is 0.185 e. The first-order chi connectivity index (χ1) is 8.26. The van der Waals surface area contributed by atoms with E-state index in [1.807, 2.05) is 11.3 Å². The molecule has 1 aromatic rings. The van der Waals surface area contributed by atoms with E-state index in [2.05, 4.69) is 31.1 Å². The Hall–Kier alpha value is -0.610. The Kier molecular flexibility index (Phi) is 4.40. The highest BCUT2D eigenvalue weighted by Crippen LogP contribution is 2.37. The minimum absolute atomic E-state index is 0.546. The van der Waals surface area contributed by atoms with Gasteiger partial charge in [0.1, 0.15) is 0 Å². The molecule has 96 valence electrons. The van der Waals surface area contributed by atoms with Crippen LogP contribution in [0.3, 0.4) is 0 Å². The molecule has 0 saturated carbocycles. The van der Waals surface area contributed by atoms with Crippen LogP contribution in [0.1, 0.15) is 49.7 Å². The van der Waals surface area contributed by atoms with E-state index >= 15 is 0 Å². The van der Waals surface area contributed by atoms with E-state index < -0.39 is 0 Å². The number of aromatic nitrogens is 1. The third-order valence-electron chi connectivity index (χ3n) is 3.28. The van der Waals surface area contributed by atoms with E-state index in [9.17, 15) is 0 Å². The van der Waals surface area contributed by atoms with Gasteiger partial charge in [0.25, 0.3) is 0 Å². The maximum Gasteiger partial charge on any atom is 0.185 e. The van der Waals surface area contributed by atoms with Crippen LogP contribution < -0.4 is 10.2 Å². The van der Waals surface area contributed by atoms with E-state index in [1.165, 1.54) is 35.0 Å². The number of aryl methyl sites for hydroxylation is 1. The molecule has 0 spiro atoms. The molecule has 1 N–H and O–H groups in total. The van der Waals surface area contributed by atoms with Crippen LogP contribution in [0.5, 0.6) is 0 Å². The first kappa shape index (κ1) is 12.8. The molecule has 0 aliphatic heterocycles. The van der Waals surface area contributed by atoms with Crippen molar-refractivity contribution in [2.75, 3.05) is 25.0 Å². The Morgan fingerprint density at radius 3 is 3.00 bits per heavy atom. The summed E-state index contributed by atoms with van der Waals surface area (Å²) in [6.07, 6.45) is 4.87. The molecule has 0 aromatic carbocycles. The largest absolute Gasteiger partial charge is 0.351 e. The molecule has 1 heterocycles. The molecule has 0 amide bonds. The van der Waals surface area contributed by atoms with Crippen molar-refractivity contribution in [2.45, 2.75) is 45.6 Å². The van der Waals surface area contributed by atoms with Gasteiger partial charge in [0.15, 0.2) is 5.13 Å². The van der Waals surface area contributed by atoms with Crippen molar-refractivity contribution in [3.8, 4) is 0 Å². The lowest BCUT2D eigenvalue weighted by Gasteiger charge is -2.21. The fraction of sp³-hybridized carbons (Fsp3) is 0.769. The molecule has 1 unspecified atom stereocenters. The molecule has 0 bridgehead atoms. The van der Waals surface area contributed by atoms with Crippen molar-refractivity contribution in [1.29, 1.82) is 0 Å². The minimum atomic E-state index is 0.546. The zero-order valence-electron chi connectivity index (χ0n) is 11.1. The lowest BCUT2D eigenvalue weighted by atomic mass is 9.98. The highest BCUT2D eigenvalue weighted by molar-refractivity contribution is 7.15. The van der Waals surface area contributed by atoms with E-state index in [-0.39, 0.29) is 0 Å². The van der Waals surface area contributed by atoms with Gasteiger partial charge in [-0.25, -0.2) is 4.98 Å². The maximum atomic E-state index is 4.81. The Morgan fingerprint density at radius 2 is 2.29 bits per heavy atom. The van der Waals surface area contributed by atoms with Gasteiger partial charge in [-0.05, 0) is 32.2 Å². The second-order valence-electron chi connectivity index (χ2n) is 4.73. The second-order valence-corrected chi connectivity index (χ2v) is 5.74. The van der Waals surface area contributed by atoms with Crippen LogP contribution in [-0.2, 0) is 6.42 Å². The van der Waals surface area contributed by atoms with Crippen molar-refractivity contribution < 1.29 is 0 Å². The van der Waals surface area contributed by atoms with Crippen LogP contribution in [0.4, 0.5) is 5.13 Å². The lowest BCUT2D eigenvalue weighted by molar-refractivity contribution is 0.476. The normalized spacial score (nSPS) is 19.1. The third kappa shape index (κ3) is 2.80. The number of thiazole rings is 1. The Bertz CT molecular complexity index is 362. The molecule has 0 radical (unpaired) electrons. The summed E-state index contributed by atoms with van der Waals surface area (Å²) in [6, 6.07) is 0.546. The molecular weight excluding hydrogens is 230 g/mol. The Labute approximate surface area is 108 Å². The topological polar surface area (TPSA) is 28.2 Å². The van der Waals surface area contributed by atoms with E-state index in [4.69, 9.17) is 4.98 Å². The van der Waals surface area contributed by atoms with Crippen LogP contribution in [-0.4, -0.2) is 25.1 Å². The van der Waals surface area contributed by atoms with Crippen LogP contribution in [0.2, 0.25) is 0 Å².